The fourth-order valence-corrected chi connectivity index (χ4v) is 2.51. The molecule has 1 rings (SSSR count). The summed E-state index contributed by atoms with van der Waals surface area (Å²) in [6.45, 7) is 7.11. The summed E-state index contributed by atoms with van der Waals surface area (Å²) in [5.74, 6) is -0.739. The average molecular weight is 243 g/mol. The Morgan fingerprint density at radius 1 is 1.29 bits per heavy atom. The highest BCUT2D eigenvalue weighted by atomic mass is 16.5. The first-order valence-electron chi connectivity index (χ1n) is 6.63. The minimum atomic E-state index is -0.739. The monoisotopic (exact) mass is 243 g/mol. The van der Waals surface area contributed by atoms with E-state index in [4.69, 9.17) is 9.84 Å². The molecular weight excluding hydrogens is 218 g/mol. The first-order chi connectivity index (χ1) is 8.08. The molecule has 1 fully saturated rings. The Balaban J connectivity index is 2.67. The maximum atomic E-state index is 11.0. The van der Waals surface area contributed by atoms with Gasteiger partial charge in [-0.05, 0) is 39.8 Å². The number of nitrogens with zero attached hydrogens (tertiary/aromatic N) is 1. The minimum Gasteiger partial charge on any atom is -0.481 e. The molecule has 4 heteroatoms. The topological polar surface area (TPSA) is 49.8 Å². The van der Waals surface area contributed by atoms with Crippen molar-refractivity contribution in [2.24, 2.45) is 0 Å². The van der Waals surface area contributed by atoms with E-state index in [1.807, 2.05) is 13.8 Å². The van der Waals surface area contributed by atoms with Gasteiger partial charge in [0.25, 0.3) is 0 Å². The normalized spacial score (nSPS) is 21.8. The van der Waals surface area contributed by atoms with Gasteiger partial charge in [-0.1, -0.05) is 12.8 Å². The van der Waals surface area contributed by atoms with E-state index in [2.05, 4.69) is 4.90 Å². The van der Waals surface area contributed by atoms with Gasteiger partial charge < -0.3 is 9.84 Å². The van der Waals surface area contributed by atoms with Crippen LogP contribution >= 0.6 is 0 Å². The van der Waals surface area contributed by atoms with Crippen molar-refractivity contribution in [1.29, 1.82) is 0 Å². The second kappa shape index (κ2) is 6.97. The van der Waals surface area contributed by atoms with Crippen molar-refractivity contribution in [2.45, 2.75) is 51.5 Å². The predicted molar refractivity (Wildman–Crippen MR) is 67.2 cm³/mol. The van der Waals surface area contributed by atoms with Gasteiger partial charge in [0.2, 0.25) is 0 Å². The molecule has 0 aliphatic carbocycles. The molecule has 0 aromatic heterocycles. The van der Waals surface area contributed by atoms with E-state index in [9.17, 15) is 4.79 Å². The summed E-state index contributed by atoms with van der Waals surface area (Å²) in [6, 6.07) is 0. The van der Waals surface area contributed by atoms with Crippen molar-refractivity contribution in [2.75, 3.05) is 26.3 Å². The van der Waals surface area contributed by atoms with Crippen LogP contribution in [0.1, 0.15) is 46.0 Å². The van der Waals surface area contributed by atoms with Crippen molar-refractivity contribution < 1.29 is 14.6 Å². The number of aliphatic carboxylic acids is 1. The van der Waals surface area contributed by atoms with Gasteiger partial charge in [0.15, 0.2) is 0 Å². The zero-order chi connectivity index (χ0) is 12.7. The zero-order valence-electron chi connectivity index (χ0n) is 11.1. The molecule has 1 heterocycles. The summed E-state index contributed by atoms with van der Waals surface area (Å²) in [6.07, 6.45) is 5.01. The van der Waals surface area contributed by atoms with Crippen LogP contribution in [0.2, 0.25) is 0 Å². The van der Waals surface area contributed by atoms with Crippen molar-refractivity contribution in [3.63, 3.8) is 0 Å². The number of hydrogen-bond donors (Lipinski definition) is 1. The van der Waals surface area contributed by atoms with Crippen LogP contribution < -0.4 is 0 Å². The lowest BCUT2D eigenvalue weighted by molar-refractivity contribution is -0.141. The molecule has 0 spiro atoms. The van der Waals surface area contributed by atoms with Crippen LogP contribution in [0.3, 0.4) is 0 Å². The Morgan fingerprint density at radius 2 is 1.88 bits per heavy atom. The molecule has 0 saturated carbocycles. The van der Waals surface area contributed by atoms with Crippen molar-refractivity contribution >= 4 is 5.97 Å². The molecule has 1 N–H and O–H groups in total. The molecule has 17 heavy (non-hydrogen) atoms. The molecule has 4 nitrogen and oxygen atoms in total. The summed E-state index contributed by atoms with van der Waals surface area (Å²) in [5, 5.41) is 9.07. The first kappa shape index (κ1) is 14.5. The van der Waals surface area contributed by atoms with Crippen LogP contribution in [-0.2, 0) is 9.53 Å². The van der Waals surface area contributed by atoms with Gasteiger partial charge in [0, 0.05) is 6.61 Å². The maximum Gasteiger partial charge on any atom is 0.305 e. The molecule has 0 bridgehead atoms. The lowest BCUT2D eigenvalue weighted by Crippen LogP contribution is -2.51. The number of carboxylic acids is 1. The highest BCUT2D eigenvalue weighted by molar-refractivity contribution is 5.68. The summed E-state index contributed by atoms with van der Waals surface area (Å²) in [7, 11) is 0. The number of carboxylic acid groups (broad SMARTS) is 1. The Labute approximate surface area is 104 Å². The Kier molecular flexibility index (Phi) is 5.92. The van der Waals surface area contributed by atoms with Gasteiger partial charge in [-0.25, -0.2) is 0 Å². The van der Waals surface area contributed by atoms with Gasteiger partial charge in [-0.2, -0.15) is 0 Å². The lowest BCUT2D eigenvalue weighted by Gasteiger charge is -2.39. The summed E-state index contributed by atoms with van der Waals surface area (Å²) in [4.78, 5) is 13.3. The molecule has 0 aromatic rings. The van der Waals surface area contributed by atoms with Gasteiger partial charge in [0.05, 0.1) is 18.6 Å². The number of ether oxygens (including phenoxy) is 1. The van der Waals surface area contributed by atoms with E-state index in [0.29, 0.717) is 13.2 Å². The van der Waals surface area contributed by atoms with Gasteiger partial charge in [-0.15, -0.1) is 0 Å². The summed E-state index contributed by atoms with van der Waals surface area (Å²) in [5.41, 5.74) is -0.355. The number of likely N-dealkylation sites (tertiary alicyclic amines) is 1. The van der Waals surface area contributed by atoms with Gasteiger partial charge >= 0.3 is 5.97 Å². The van der Waals surface area contributed by atoms with E-state index in [0.717, 1.165) is 13.1 Å². The lowest BCUT2D eigenvalue weighted by atomic mass is 9.96. The van der Waals surface area contributed by atoms with Crippen LogP contribution in [-0.4, -0.2) is 47.8 Å². The Morgan fingerprint density at radius 3 is 2.35 bits per heavy atom. The van der Waals surface area contributed by atoms with Crippen LogP contribution in [0.15, 0.2) is 0 Å². The third kappa shape index (κ3) is 4.64. The highest BCUT2D eigenvalue weighted by Crippen LogP contribution is 2.24. The molecule has 100 valence electrons. The molecule has 1 atom stereocenters. The van der Waals surface area contributed by atoms with E-state index in [1.54, 1.807) is 0 Å². The molecule has 1 saturated heterocycles. The Bertz CT molecular complexity index is 237. The van der Waals surface area contributed by atoms with Crippen molar-refractivity contribution in [1.82, 2.24) is 4.90 Å². The van der Waals surface area contributed by atoms with E-state index < -0.39 is 5.97 Å². The maximum absolute atomic E-state index is 11.0. The third-order valence-corrected chi connectivity index (χ3v) is 3.52. The van der Waals surface area contributed by atoms with Crippen LogP contribution in [0.25, 0.3) is 0 Å². The quantitative estimate of drug-likeness (QED) is 0.776. The predicted octanol–water partition coefficient (Wildman–Crippen LogP) is 2.13. The van der Waals surface area contributed by atoms with Crippen molar-refractivity contribution in [3.8, 4) is 0 Å². The smallest absolute Gasteiger partial charge is 0.305 e. The van der Waals surface area contributed by atoms with Gasteiger partial charge in [0.1, 0.15) is 0 Å². The third-order valence-electron chi connectivity index (χ3n) is 3.52. The minimum absolute atomic E-state index is 0.160. The highest BCUT2D eigenvalue weighted by Gasteiger charge is 2.34. The first-order valence-corrected chi connectivity index (χ1v) is 6.63. The molecule has 0 amide bonds. The second-order valence-corrected chi connectivity index (χ2v) is 5.11. The molecule has 1 unspecified atom stereocenters. The molecule has 1 aliphatic heterocycles. The van der Waals surface area contributed by atoms with E-state index in [-0.39, 0.29) is 12.0 Å². The van der Waals surface area contributed by atoms with Crippen LogP contribution in [0.5, 0.6) is 0 Å². The van der Waals surface area contributed by atoms with Crippen molar-refractivity contribution in [3.05, 3.63) is 0 Å². The fraction of sp³-hybridized carbons (Fsp3) is 0.923. The molecular formula is C13H25NO3. The average Bonchev–Trinajstić information content (AvgIpc) is 2.54. The number of rotatable bonds is 6. The van der Waals surface area contributed by atoms with Crippen LogP contribution in [0, 0.1) is 0 Å². The summed E-state index contributed by atoms with van der Waals surface area (Å²) < 4.78 is 5.49. The number of carbonyl (C=O) groups is 1. The molecule has 0 aromatic carbocycles. The van der Waals surface area contributed by atoms with Gasteiger partial charge in [-0.3, -0.25) is 9.69 Å². The fourth-order valence-electron chi connectivity index (χ4n) is 2.51. The molecule has 1 aliphatic rings. The number of hydrogen-bond acceptors (Lipinski definition) is 3. The standard InChI is InChI=1S/C13H25NO3/c1-3-17-11-13(2,10-12(15)16)14-8-6-4-5-7-9-14/h3-11H2,1-2H3,(H,15,16). The second-order valence-electron chi connectivity index (χ2n) is 5.11. The SMILES string of the molecule is CCOCC(C)(CC(=O)O)N1CCCCCC1. The largest absolute Gasteiger partial charge is 0.481 e. The Hall–Kier alpha value is -0.610. The zero-order valence-corrected chi connectivity index (χ0v) is 11.1. The van der Waals surface area contributed by atoms with Crippen LogP contribution in [0.4, 0.5) is 0 Å². The molecule has 0 radical (unpaired) electrons. The summed E-state index contributed by atoms with van der Waals surface area (Å²) >= 11 is 0. The van der Waals surface area contributed by atoms with E-state index >= 15 is 0 Å². The van der Waals surface area contributed by atoms with E-state index in [1.165, 1.54) is 25.7 Å².